The molecule has 92 valence electrons. The van der Waals surface area contributed by atoms with Crippen LogP contribution in [0.3, 0.4) is 0 Å². The predicted octanol–water partition coefficient (Wildman–Crippen LogP) is 1.48. The highest BCUT2D eigenvalue weighted by Gasteiger charge is 2.11. The molecule has 0 aliphatic carbocycles. The van der Waals surface area contributed by atoms with Gasteiger partial charge in [-0.05, 0) is 24.7 Å². The lowest BCUT2D eigenvalue weighted by atomic mass is 10.2. The second-order valence-corrected chi connectivity index (χ2v) is 4.19. The van der Waals surface area contributed by atoms with E-state index in [-0.39, 0.29) is 0 Å². The Balaban J connectivity index is 2.09. The molecule has 4 nitrogen and oxygen atoms in total. The minimum atomic E-state index is 0.439. The quantitative estimate of drug-likeness (QED) is 0.741. The zero-order valence-electron chi connectivity index (χ0n) is 10.0. The molecule has 0 atom stereocenters. The first-order valence-corrected chi connectivity index (χ1v) is 5.80. The van der Waals surface area contributed by atoms with Gasteiger partial charge in [0.15, 0.2) is 11.5 Å². The zero-order valence-corrected chi connectivity index (χ0v) is 10.0. The van der Waals surface area contributed by atoms with E-state index in [0.29, 0.717) is 19.8 Å². The molecule has 1 aromatic rings. The first-order chi connectivity index (χ1) is 8.29. The average molecular weight is 235 g/mol. The van der Waals surface area contributed by atoms with Crippen molar-refractivity contribution < 1.29 is 14.3 Å². The molecule has 0 saturated heterocycles. The molecule has 1 heterocycles. The summed E-state index contributed by atoms with van der Waals surface area (Å²) in [5.41, 5.74) is 1.12. The number of aldehydes is 1. The summed E-state index contributed by atoms with van der Waals surface area (Å²) in [7, 11) is 1.91. The summed E-state index contributed by atoms with van der Waals surface area (Å²) in [5.74, 6) is 1.61. The standard InChI is InChI=1S/C13H17NO3/c1-14(5-6-15)10-11-3-4-12-13(9-11)17-8-2-7-16-12/h3-4,6,9H,2,5,7-8,10H2,1H3. The highest BCUT2D eigenvalue weighted by atomic mass is 16.5. The van der Waals surface area contributed by atoms with Gasteiger partial charge in [-0.3, -0.25) is 4.90 Å². The summed E-state index contributed by atoms with van der Waals surface area (Å²) in [6.45, 7) is 2.57. The lowest BCUT2D eigenvalue weighted by Gasteiger charge is -2.14. The first kappa shape index (κ1) is 11.9. The smallest absolute Gasteiger partial charge is 0.161 e. The van der Waals surface area contributed by atoms with E-state index in [2.05, 4.69) is 0 Å². The molecule has 4 heteroatoms. The van der Waals surface area contributed by atoms with Crippen LogP contribution in [-0.2, 0) is 11.3 Å². The van der Waals surface area contributed by atoms with Gasteiger partial charge >= 0.3 is 0 Å². The number of benzene rings is 1. The van der Waals surface area contributed by atoms with Crippen molar-refractivity contribution in [3.05, 3.63) is 23.8 Å². The highest BCUT2D eigenvalue weighted by Crippen LogP contribution is 2.30. The lowest BCUT2D eigenvalue weighted by molar-refractivity contribution is -0.108. The molecule has 2 rings (SSSR count). The van der Waals surface area contributed by atoms with Gasteiger partial charge in [-0.1, -0.05) is 6.07 Å². The number of hydrogen-bond donors (Lipinski definition) is 0. The second-order valence-electron chi connectivity index (χ2n) is 4.19. The van der Waals surface area contributed by atoms with E-state index in [1.165, 1.54) is 0 Å². The molecule has 0 bridgehead atoms. The third-order valence-corrected chi connectivity index (χ3v) is 2.65. The molecular formula is C13H17NO3. The molecule has 17 heavy (non-hydrogen) atoms. The Labute approximate surface area is 101 Å². The molecule has 0 saturated carbocycles. The van der Waals surface area contributed by atoms with Crippen molar-refractivity contribution in [3.63, 3.8) is 0 Å². The minimum absolute atomic E-state index is 0.439. The van der Waals surface area contributed by atoms with E-state index in [4.69, 9.17) is 9.47 Å². The number of carbonyl (C=O) groups excluding carboxylic acids is 1. The van der Waals surface area contributed by atoms with Crippen LogP contribution in [0.15, 0.2) is 18.2 Å². The van der Waals surface area contributed by atoms with E-state index >= 15 is 0 Å². The number of rotatable bonds is 4. The maximum Gasteiger partial charge on any atom is 0.161 e. The topological polar surface area (TPSA) is 38.8 Å². The molecule has 0 radical (unpaired) electrons. The van der Waals surface area contributed by atoms with Crippen LogP contribution in [0.25, 0.3) is 0 Å². The number of nitrogens with zero attached hydrogens (tertiary/aromatic N) is 1. The number of likely N-dealkylation sites (N-methyl/N-ethyl adjacent to an activating group) is 1. The third-order valence-electron chi connectivity index (χ3n) is 2.65. The van der Waals surface area contributed by atoms with Crippen LogP contribution in [0.5, 0.6) is 11.5 Å². The second kappa shape index (κ2) is 5.68. The average Bonchev–Trinajstić information content (AvgIpc) is 2.53. The van der Waals surface area contributed by atoms with Crippen molar-refractivity contribution in [1.82, 2.24) is 4.90 Å². The van der Waals surface area contributed by atoms with E-state index in [1.54, 1.807) is 0 Å². The van der Waals surface area contributed by atoms with Crippen LogP contribution >= 0.6 is 0 Å². The van der Waals surface area contributed by atoms with Crippen molar-refractivity contribution in [2.24, 2.45) is 0 Å². The van der Waals surface area contributed by atoms with E-state index in [0.717, 1.165) is 36.3 Å². The Morgan fingerprint density at radius 1 is 1.29 bits per heavy atom. The fraction of sp³-hybridized carbons (Fsp3) is 0.462. The molecule has 1 aromatic carbocycles. The molecular weight excluding hydrogens is 218 g/mol. The van der Waals surface area contributed by atoms with Crippen molar-refractivity contribution in [3.8, 4) is 11.5 Å². The van der Waals surface area contributed by atoms with Gasteiger partial charge in [-0.2, -0.15) is 0 Å². The van der Waals surface area contributed by atoms with Gasteiger partial charge in [-0.15, -0.1) is 0 Å². The van der Waals surface area contributed by atoms with Crippen LogP contribution in [0, 0.1) is 0 Å². The fourth-order valence-electron chi connectivity index (χ4n) is 1.81. The molecule has 1 aliphatic heterocycles. The Morgan fingerprint density at radius 2 is 2.06 bits per heavy atom. The van der Waals surface area contributed by atoms with E-state index in [1.807, 2.05) is 30.1 Å². The maximum atomic E-state index is 10.4. The summed E-state index contributed by atoms with van der Waals surface area (Å²) in [5, 5.41) is 0. The Morgan fingerprint density at radius 3 is 2.82 bits per heavy atom. The normalized spacial score (nSPS) is 14.5. The van der Waals surface area contributed by atoms with Crippen molar-refractivity contribution in [2.45, 2.75) is 13.0 Å². The summed E-state index contributed by atoms with van der Waals surface area (Å²) in [6.07, 6.45) is 1.82. The van der Waals surface area contributed by atoms with Gasteiger partial charge in [0.1, 0.15) is 6.29 Å². The lowest BCUT2D eigenvalue weighted by Crippen LogP contribution is -2.19. The zero-order chi connectivity index (χ0) is 12.1. The Hall–Kier alpha value is -1.55. The Bertz CT molecular complexity index is 392. The molecule has 0 unspecified atom stereocenters. The van der Waals surface area contributed by atoms with Gasteiger partial charge in [0.05, 0.1) is 19.8 Å². The maximum absolute atomic E-state index is 10.4. The first-order valence-electron chi connectivity index (χ1n) is 5.80. The minimum Gasteiger partial charge on any atom is -0.490 e. The van der Waals surface area contributed by atoms with Crippen LogP contribution in [0.4, 0.5) is 0 Å². The SMILES string of the molecule is CN(CC=O)Cc1ccc2c(c1)OCCCO2. The van der Waals surface area contributed by atoms with Gasteiger partial charge in [0, 0.05) is 13.0 Å². The third kappa shape index (κ3) is 3.20. The number of fused-ring (bicyclic) bond motifs is 1. The summed E-state index contributed by atoms with van der Waals surface area (Å²) < 4.78 is 11.2. The van der Waals surface area contributed by atoms with E-state index < -0.39 is 0 Å². The number of ether oxygens (including phenoxy) is 2. The number of hydrogen-bond acceptors (Lipinski definition) is 4. The van der Waals surface area contributed by atoms with Gasteiger partial charge < -0.3 is 14.3 Å². The summed E-state index contributed by atoms with van der Waals surface area (Å²) >= 11 is 0. The largest absolute Gasteiger partial charge is 0.490 e. The van der Waals surface area contributed by atoms with E-state index in [9.17, 15) is 4.79 Å². The van der Waals surface area contributed by atoms with Crippen molar-refractivity contribution in [1.29, 1.82) is 0 Å². The Kier molecular flexibility index (Phi) is 3.98. The van der Waals surface area contributed by atoms with Crippen LogP contribution in [-0.4, -0.2) is 38.0 Å². The van der Waals surface area contributed by atoms with Crippen LogP contribution in [0.1, 0.15) is 12.0 Å². The van der Waals surface area contributed by atoms with Crippen molar-refractivity contribution in [2.75, 3.05) is 26.8 Å². The highest BCUT2D eigenvalue weighted by molar-refractivity contribution is 5.52. The van der Waals surface area contributed by atoms with Gasteiger partial charge in [-0.25, -0.2) is 0 Å². The van der Waals surface area contributed by atoms with Crippen molar-refractivity contribution >= 4 is 6.29 Å². The monoisotopic (exact) mass is 235 g/mol. The number of carbonyl (C=O) groups is 1. The molecule has 1 aliphatic rings. The summed E-state index contributed by atoms with van der Waals surface area (Å²) in [4.78, 5) is 12.3. The molecule has 0 aromatic heterocycles. The predicted molar refractivity (Wildman–Crippen MR) is 64.4 cm³/mol. The fourth-order valence-corrected chi connectivity index (χ4v) is 1.81. The summed E-state index contributed by atoms with van der Waals surface area (Å²) in [6, 6.07) is 5.93. The molecule has 0 N–H and O–H groups in total. The van der Waals surface area contributed by atoms with Crippen LogP contribution < -0.4 is 9.47 Å². The van der Waals surface area contributed by atoms with Gasteiger partial charge in [0.25, 0.3) is 0 Å². The van der Waals surface area contributed by atoms with Gasteiger partial charge in [0.2, 0.25) is 0 Å². The molecule has 0 spiro atoms. The van der Waals surface area contributed by atoms with Crippen LogP contribution in [0.2, 0.25) is 0 Å². The molecule has 0 amide bonds. The molecule has 0 fully saturated rings.